The highest BCUT2D eigenvalue weighted by molar-refractivity contribution is 6.34. The van der Waals surface area contributed by atoms with Crippen LogP contribution in [0.3, 0.4) is 0 Å². The van der Waals surface area contributed by atoms with Gasteiger partial charge in [0, 0.05) is 6.20 Å². The predicted octanol–water partition coefficient (Wildman–Crippen LogP) is 3.44. The molecule has 0 aliphatic carbocycles. The fraction of sp³-hybridized carbons (Fsp3) is 0.625. The maximum atomic E-state index is 6.35. The second kappa shape index (κ2) is 5.55. The van der Waals surface area contributed by atoms with Gasteiger partial charge in [0.1, 0.15) is 22.7 Å². The molecule has 2 aromatic rings. The van der Waals surface area contributed by atoms with Crippen molar-refractivity contribution >= 4 is 32.4 Å². The van der Waals surface area contributed by atoms with Crippen molar-refractivity contribution in [2.24, 2.45) is 0 Å². The molecule has 0 amide bonds. The zero-order valence-electron chi connectivity index (χ0n) is 14.2. The molecule has 0 aromatic carbocycles. The van der Waals surface area contributed by atoms with Crippen LogP contribution in [0.2, 0.25) is 10.2 Å². The summed E-state index contributed by atoms with van der Waals surface area (Å²) in [6.07, 6.45) is 3.51. The van der Waals surface area contributed by atoms with Crippen molar-refractivity contribution in [3.05, 3.63) is 23.7 Å². The fourth-order valence-electron chi connectivity index (χ4n) is 2.71. The van der Waals surface area contributed by atoms with E-state index in [1.54, 1.807) is 0 Å². The molecular weight excluding hydrogens is 330 g/mol. The maximum Gasteiger partial charge on any atom is 0.236 e. The molecule has 1 aliphatic rings. The molecule has 0 spiro atoms. The number of hydrogen-bond acceptors (Lipinski definition) is 4. The average molecular weight is 352 g/mol. The number of nitrogens with zero attached hydrogens (tertiary/aromatic N) is 3. The molecule has 0 N–H and O–H groups in total. The highest BCUT2D eigenvalue weighted by Crippen LogP contribution is 2.42. The number of rotatable bonds is 4. The largest absolute Gasteiger partial charge is 0.409 e. The zero-order chi connectivity index (χ0) is 16.9. The van der Waals surface area contributed by atoms with Gasteiger partial charge in [-0.2, -0.15) is 0 Å². The van der Waals surface area contributed by atoms with Crippen LogP contribution in [0.1, 0.15) is 34.6 Å². The fourth-order valence-corrected chi connectivity index (χ4v) is 3.66. The summed E-state index contributed by atoms with van der Waals surface area (Å²) >= 11 is 6.19. The summed E-state index contributed by atoms with van der Waals surface area (Å²) in [6, 6.07) is 1.96. The van der Waals surface area contributed by atoms with Crippen molar-refractivity contribution in [1.29, 1.82) is 0 Å². The molecule has 1 saturated heterocycles. The van der Waals surface area contributed by atoms with E-state index in [-0.39, 0.29) is 16.2 Å². The Labute approximate surface area is 144 Å². The smallest absolute Gasteiger partial charge is 0.236 e. The van der Waals surface area contributed by atoms with Crippen molar-refractivity contribution in [1.82, 2.24) is 14.5 Å². The Morgan fingerprint density at radius 2 is 1.96 bits per heavy atom. The third-order valence-corrected chi connectivity index (χ3v) is 5.83. The molecule has 5 nitrogen and oxygen atoms in total. The summed E-state index contributed by atoms with van der Waals surface area (Å²) in [5.74, 6) is 0. The molecule has 3 rings (SSSR count). The van der Waals surface area contributed by atoms with Crippen LogP contribution in [-0.2, 0) is 14.7 Å². The van der Waals surface area contributed by atoms with Crippen molar-refractivity contribution in [3.8, 4) is 0 Å². The van der Waals surface area contributed by atoms with Gasteiger partial charge < -0.3 is 13.7 Å². The first-order valence-corrected chi connectivity index (χ1v) is 8.96. The van der Waals surface area contributed by atoms with Gasteiger partial charge in [-0.05, 0) is 25.0 Å². The van der Waals surface area contributed by atoms with E-state index in [9.17, 15) is 0 Å². The lowest BCUT2D eigenvalue weighted by atomic mass is 9.80. The van der Waals surface area contributed by atoms with Gasteiger partial charge in [-0.25, -0.2) is 9.97 Å². The Balaban J connectivity index is 2.01. The monoisotopic (exact) mass is 351 g/mol. The van der Waals surface area contributed by atoms with E-state index in [1.807, 2.05) is 12.3 Å². The minimum atomic E-state index is -0.389. The van der Waals surface area contributed by atoms with Gasteiger partial charge in [-0.1, -0.05) is 32.4 Å². The van der Waals surface area contributed by atoms with Gasteiger partial charge in [0.25, 0.3) is 0 Å². The number of hydrogen-bond donors (Lipinski definition) is 0. The summed E-state index contributed by atoms with van der Waals surface area (Å²) in [5, 5.41) is 1.46. The number of halogens is 1. The van der Waals surface area contributed by atoms with E-state index in [4.69, 9.17) is 20.8 Å². The SMILES string of the molecule is CC(C)(C)[Si]OC(C)(C)C1(n2ccc3c(Cl)ncnc32)COC1. The Morgan fingerprint density at radius 3 is 2.52 bits per heavy atom. The zero-order valence-corrected chi connectivity index (χ0v) is 15.9. The van der Waals surface area contributed by atoms with E-state index in [1.165, 1.54) is 6.33 Å². The standard InChI is InChI=1S/C16H22ClN3O2Si/c1-14(2,3)23-22-15(4,5)16(8-21-9-16)20-7-6-11-12(17)18-10-19-13(11)20/h6-7,10H,8-9H2,1-5H3. The molecule has 1 aliphatic heterocycles. The van der Waals surface area contributed by atoms with Gasteiger partial charge in [0.15, 0.2) is 0 Å². The molecule has 2 radical (unpaired) electrons. The lowest BCUT2D eigenvalue weighted by Gasteiger charge is -2.53. The van der Waals surface area contributed by atoms with E-state index < -0.39 is 0 Å². The lowest BCUT2D eigenvalue weighted by molar-refractivity contribution is -0.184. The molecule has 7 heteroatoms. The topological polar surface area (TPSA) is 49.2 Å². The first-order valence-electron chi connectivity index (χ1n) is 7.67. The van der Waals surface area contributed by atoms with Crippen LogP contribution in [0, 0.1) is 0 Å². The van der Waals surface area contributed by atoms with Crippen molar-refractivity contribution in [3.63, 3.8) is 0 Å². The molecule has 0 atom stereocenters. The average Bonchev–Trinajstić information content (AvgIpc) is 2.80. The number of fused-ring (bicyclic) bond motifs is 1. The molecule has 0 unspecified atom stereocenters. The van der Waals surface area contributed by atoms with Crippen LogP contribution < -0.4 is 0 Å². The maximum absolute atomic E-state index is 6.35. The van der Waals surface area contributed by atoms with Gasteiger partial charge in [-0.15, -0.1) is 0 Å². The quantitative estimate of drug-likeness (QED) is 0.625. The van der Waals surface area contributed by atoms with Crippen LogP contribution in [-0.4, -0.2) is 43.1 Å². The minimum absolute atomic E-state index is 0.132. The van der Waals surface area contributed by atoms with E-state index in [2.05, 4.69) is 49.2 Å². The van der Waals surface area contributed by atoms with Crippen LogP contribution in [0.5, 0.6) is 0 Å². The first kappa shape index (κ1) is 16.9. The van der Waals surface area contributed by atoms with Crippen molar-refractivity contribution < 1.29 is 9.16 Å². The minimum Gasteiger partial charge on any atom is -0.409 e. The van der Waals surface area contributed by atoms with Gasteiger partial charge >= 0.3 is 0 Å². The Morgan fingerprint density at radius 1 is 1.26 bits per heavy atom. The summed E-state index contributed by atoms with van der Waals surface area (Å²) in [4.78, 5) is 8.49. The molecular formula is C16H22ClN3O2Si. The van der Waals surface area contributed by atoms with Crippen LogP contribution >= 0.6 is 11.6 Å². The highest BCUT2D eigenvalue weighted by atomic mass is 35.5. The van der Waals surface area contributed by atoms with E-state index >= 15 is 0 Å². The Hall–Kier alpha value is -0.953. The van der Waals surface area contributed by atoms with Crippen LogP contribution in [0.4, 0.5) is 0 Å². The molecule has 124 valence electrons. The third kappa shape index (κ3) is 2.82. The van der Waals surface area contributed by atoms with Gasteiger partial charge in [0.2, 0.25) is 9.76 Å². The lowest BCUT2D eigenvalue weighted by Crippen LogP contribution is -2.65. The second-order valence-electron chi connectivity index (χ2n) is 7.58. The van der Waals surface area contributed by atoms with Crippen LogP contribution in [0.25, 0.3) is 11.0 Å². The normalized spacial score (nSPS) is 18.2. The number of aromatic nitrogens is 3. The van der Waals surface area contributed by atoms with E-state index in [0.717, 1.165) is 11.0 Å². The predicted molar refractivity (Wildman–Crippen MR) is 92.0 cm³/mol. The second-order valence-corrected chi connectivity index (χ2v) is 9.84. The molecule has 2 aromatic heterocycles. The van der Waals surface area contributed by atoms with Crippen molar-refractivity contribution in [2.75, 3.05) is 13.2 Å². The molecule has 1 fully saturated rings. The number of ether oxygens (including phenoxy) is 1. The highest BCUT2D eigenvalue weighted by Gasteiger charge is 2.54. The molecule has 0 saturated carbocycles. The van der Waals surface area contributed by atoms with E-state index in [0.29, 0.717) is 28.1 Å². The van der Waals surface area contributed by atoms with Gasteiger partial charge in [0.05, 0.1) is 24.2 Å². The summed E-state index contributed by atoms with van der Waals surface area (Å²) in [6.45, 7) is 12.0. The summed E-state index contributed by atoms with van der Waals surface area (Å²) in [7, 11) is 0.405. The molecule has 0 bridgehead atoms. The Bertz CT molecular complexity index is 720. The molecule has 23 heavy (non-hydrogen) atoms. The molecule has 3 heterocycles. The van der Waals surface area contributed by atoms with Crippen LogP contribution in [0.15, 0.2) is 18.6 Å². The Kier molecular flexibility index (Phi) is 4.07. The first-order chi connectivity index (χ1) is 10.7. The summed E-state index contributed by atoms with van der Waals surface area (Å²) < 4.78 is 14.1. The summed E-state index contributed by atoms with van der Waals surface area (Å²) in [5.41, 5.74) is 0.148. The van der Waals surface area contributed by atoms with Gasteiger partial charge in [-0.3, -0.25) is 0 Å². The van der Waals surface area contributed by atoms with Crippen molar-refractivity contribution in [2.45, 2.75) is 50.8 Å². The third-order valence-electron chi connectivity index (χ3n) is 4.31.